The van der Waals surface area contributed by atoms with E-state index in [1.165, 1.54) is 30.5 Å². The molecule has 0 atom stereocenters. The molecule has 0 aliphatic carbocycles. The third-order valence-corrected chi connectivity index (χ3v) is 7.50. The lowest BCUT2D eigenvalue weighted by molar-refractivity contribution is 0.0696. The Kier molecular flexibility index (Phi) is 6.60. The maximum Gasteiger partial charge on any atom is 0.335 e. The number of carbonyl (C=O) groups is 1. The number of anilines is 2. The van der Waals surface area contributed by atoms with Gasteiger partial charge in [0.25, 0.3) is 10.0 Å². The summed E-state index contributed by atoms with van der Waals surface area (Å²) in [6.07, 6.45) is 4.67. The summed E-state index contributed by atoms with van der Waals surface area (Å²) in [5, 5.41) is 13.1. The first kappa shape index (κ1) is 23.7. The first-order valence-electron chi connectivity index (χ1n) is 11.1. The van der Waals surface area contributed by atoms with E-state index in [1.54, 1.807) is 13.8 Å². The molecule has 1 aliphatic heterocycles. The number of hydrogen-bond donors (Lipinski definition) is 2. The van der Waals surface area contributed by atoms with Gasteiger partial charge in [0.2, 0.25) is 0 Å². The first-order chi connectivity index (χ1) is 16.2. The molecule has 0 bridgehead atoms. The third-order valence-electron chi connectivity index (χ3n) is 6.05. The lowest BCUT2D eigenvalue weighted by Gasteiger charge is -2.31. The Hall–Kier alpha value is -3.40. The summed E-state index contributed by atoms with van der Waals surface area (Å²) in [5.74, 6) is -1.34. The Bertz CT molecular complexity index is 1330. The van der Waals surface area contributed by atoms with Gasteiger partial charge in [-0.3, -0.25) is 4.72 Å². The molecule has 2 heterocycles. The van der Waals surface area contributed by atoms with Gasteiger partial charge in [0.05, 0.1) is 28.0 Å². The molecule has 2 N–H and O–H groups in total. The van der Waals surface area contributed by atoms with Crippen LogP contribution in [0.25, 0.3) is 11.1 Å². The Morgan fingerprint density at radius 1 is 1.18 bits per heavy atom. The Balaban J connectivity index is 1.84. The highest BCUT2D eigenvalue weighted by Crippen LogP contribution is 2.38. The highest BCUT2D eigenvalue weighted by atomic mass is 32.2. The second-order valence-electron chi connectivity index (χ2n) is 8.28. The van der Waals surface area contributed by atoms with E-state index in [0.717, 1.165) is 25.3 Å². The van der Waals surface area contributed by atoms with Crippen LogP contribution >= 0.6 is 0 Å². The summed E-state index contributed by atoms with van der Waals surface area (Å²) < 4.78 is 49.9. The van der Waals surface area contributed by atoms with Gasteiger partial charge >= 0.3 is 5.97 Å². The minimum atomic E-state index is -4.18. The fraction of sp³-hybridized carbons (Fsp3) is 0.333. The zero-order valence-electron chi connectivity index (χ0n) is 19.0. The first-order valence-corrected chi connectivity index (χ1v) is 12.6. The predicted octanol–water partition coefficient (Wildman–Crippen LogP) is 4.84. The number of aryl methyl sites for hydroxylation is 2. The molecular formula is C24H26FN3O5S. The normalized spacial score (nSPS) is 14.3. The molecule has 0 unspecified atom stereocenters. The number of sulfonamides is 1. The van der Waals surface area contributed by atoms with E-state index >= 15 is 4.39 Å². The number of piperidine rings is 1. The smallest absolute Gasteiger partial charge is 0.335 e. The molecule has 3 aromatic rings. The van der Waals surface area contributed by atoms with Gasteiger partial charge in [0, 0.05) is 24.2 Å². The van der Waals surface area contributed by atoms with Crippen LogP contribution in [-0.4, -0.2) is 37.7 Å². The number of nitrogens with zero attached hydrogens (tertiary/aromatic N) is 2. The van der Waals surface area contributed by atoms with Gasteiger partial charge < -0.3 is 14.5 Å². The van der Waals surface area contributed by atoms with Crippen LogP contribution in [0.5, 0.6) is 0 Å². The van der Waals surface area contributed by atoms with E-state index < -0.39 is 21.8 Å². The van der Waals surface area contributed by atoms with Crippen molar-refractivity contribution in [2.45, 2.75) is 44.4 Å². The second-order valence-corrected chi connectivity index (χ2v) is 9.93. The zero-order chi connectivity index (χ0) is 24.5. The Morgan fingerprint density at radius 2 is 1.91 bits per heavy atom. The number of nitrogens with one attached hydrogen (secondary N) is 1. The topological polar surface area (TPSA) is 113 Å². The molecule has 180 valence electrons. The maximum atomic E-state index is 15.2. The fourth-order valence-electron chi connectivity index (χ4n) is 4.23. The minimum absolute atomic E-state index is 0.119. The average Bonchev–Trinajstić information content (AvgIpc) is 3.25. The van der Waals surface area contributed by atoms with Gasteiger partial charge in [-0.15, -0.1) is 0 Å². The lowest BCUT2D eigenvalue weighted by Crippen LogP contribution is -2.30. The number of halogens is 1. The molecule has 0 saturated carbocycles. The van der Waals surface area contributed by atoms with Crippen molar-refractivity contribution < 1.29 is 27.2 Å². The van der Waals surface area contributed by atoms with Crippen molar-refractivity contribution in [1.29, 1.82) is 0 Å². The average molecular weight is 488 g/mol. The van der Waals surface area contributed by atoms with Crippen LogP contribution < -0.4 is 9.62 Å². The van der Waals surface area contributed by atoms with Gasteiger partial charge in [-0.1, -0.05) is 18.1 Å². The van der Waals surface area contributed by atoms with Crippen molar-refractivity contribution in [3.8, 4) is 11.1 Å². The highest BCUT2D eigenvalue weighted by molar-refractivity contribution is 7.92. The van der Waals surface area contributed by atoms with Crippen LogP contribution in [0, 0.1) is 12.7 Å². The van der Waals surface area contributed by atoms with Crippen LogP contribution in [0.4, 0.5) is 15.8 Å². The standard InChI is InChI=1S/C24H26FN3O5S/c1-3-16-7-8-17(24(29)30)11-23(16)34(31,32)27-21-12-18(19-14-26-33-15(19)2)20(25)13-22(21)28-9-5-4-6-10-28/h7-8,11-14,27H,3-6,9-10H2,1-2H3,(H,29,30). The van der Waals surface area contributed by atoms with Gasteiger partial charge in [0.15, 0.2) is 0 Å². The SMILES string of the molecule is CCc1ccc(C(=O)O)cc1S(=O)(=O)Nc1cc(-c2cnoc2C)c(F)cc1N1CCCCC1. The largest absolute Gasteiger partial charge is 0.478 e. The highest BCUT2D eigenvalue weighted by Gasteiger charge is 2.25. The molecule has 34 heavy (non-hydrogen) atoms. The van der Waals surface area contributed by atoms with E-state index in [-0.39, 0.29) is 21.7 Å². The molecule has 1 aliphatic rings. The number of aromatic nitrogens is 1. The summed E-state index contributed by atoms with van der Waals surface area (Å²) >= 11 is 0. The van der Waals surface area contributed by atoms with Crippen molar-refractivity contribution in [3.05, 3.63) is 59.2 Å². The second kappa shape index (κ2) is 9.46. The van der Waals surface area contributed by atoms with Gasteiger partial charge in [-0.25, -0.2) is 17.6 Å². The third kappa shape index (κ3) is 4.63. The van der Waals surface area contributed by atoms with Crippen molar-refractivity contribution in [2.24, 2.45) is 0 Å². The quantitative estimate of drug-likeness (QED) is 0.490. The van der Waals surface area contributed by atoms with Gasteiger partial charge in [0.1, 0.15) is 11.6 Å². The summed E-state index contributed by atoms with van der Waals surface area (Å²) in [4.78, 5) is 13.3. The van der Waals surface area contributed by atoms with Gasteiger partial charge in [-0.05, 0) is 62.4 Å². The molecule has 4 rings (SSSR count). The molecule has 10 heteroatoms. The molecule has 1 fully saturated rings. The number of carboxylic acid groups (broad SMARTS) is 1. The molecular weight excluding hydrogens is 461 g/mol. The summed E-state index contributed by atoms with van der Waals surface area (Å²) in [7, 11) is -4.18. The van der Waals surface area contributed by atoms with Crippen LogP contribution in [0.2, 0.25) is 0 Å². The van der Waals surface area contributed by atoms with Crippen molar-refractivity contribution in [1.82, 2.24) is 5.16 Å². The minimum Gasteiger partial charge on any atom is -0.478 e. The molecule has 0 amide bonds. The zero-order valence-corrected chi connectivity index (χ0v) is 19.8. The molecule has 0 spiro atoms. The Labute approximate surface area is 197 Å². The number of aromatic carboxylic acids is 1. The number of hydrogen-bond acceptors (Lipinski definition) is 6. The molecule has 0 radical (unpaired) electrons. The molecule has 2 aromatic carbocycles. The van der Waals surface area contributed by atoms with E-state index in [1.807, 2.05) is 4.90 Å². The summed E-state index contributed by atoms with van der Waals surface area (Å²) in [5.41, 5.74) is 1.58. The summed E-state index contributed by atoms with van der Waals surface area (Å²) in [6.45, 7) is 4.79. The number of carboxylic acids is 1. The predicted molar refractivity (Wildman–Crippen MR) is 126 cm³/mol. The maximum absolute atomic E-state index is 15.2. The van der Waals surface area contributed by atoms with E-state index in [9.17, 15) is 18.3 Å². The van der Waals surface area contributed by atoms with Crippen molar-refractivity contribution >= 4 is 27.4 Å². The van der Waals surface area contributed by atoms with E-state index in [2.05, 4.69) is 9.88 Å². The van der Waals surface area contributed by atoms with Crippen LogP contribution in [0.1, 0.15) is 47.9 Å². The number of benzene rings is 2. The number of rotatable bonds is 7. The van der Waals surface area contributed by atoms with Crippen LogP contribution in [-0.2, 0) is 16.4 Å². The molecule has 8 nitrogen and oxygen atoms in total. The fourth-order valence-corrected chi connectivity index (χ4v) is 5.64. The van der Waals surface area contributed by atoms with Crippen LogP contribution in [0.15, 0.2) is 45.9 Å². The Morgan fingerprint density at radius 3 is 2.53 bits per heavy atom. The van der Waals surface area contributed by atoms with Crippen LogP contribution in [0.3, 0.4) is 0 Å². The molecule has 1 aromatic heterocycles. The lowest BCUT2D eigenvalue weighted by atomic mass is 10.0. The van der Waals surface area contributed by atoms with Crippen molar-refractivity contribution in [2.75, 3.05) is 22.7 Å². The monoisotopic (exact) mass is 487 g/mol. The van der Waals surface area contributed by atoms with Gasteiger partial charge in [-0.2, -0.15) is 0 Å². The molecule has 1 saturated heterocycles. The van der Waals surface area contributed by atoms with E-state index in [0.29, 0.717) is 42.1 Å². The van der Waals surface area contributed by atoms with E-state index in [4.69, 9.17) is 4.52 Å². The van der Waals surface area contributed by atoms with Crippen molar-refractivity contribution in [3.63, 3.8) is 0 Å². The summed E-state index contributed by atoms with van der Waals surface area (Å²) in [6, 6.07) is 6.81.